The standard InChI is InChI=1S/C13H19N3O2S/c14-15-13(17)12-9(4-7-19-12)8-16-5-6-18-11-3-1-2-10(11)16/h4,7,10-11H,1-3,5-6,8,14H2,(H,15,17). The normalized spacial score (nSPS) is 27.2. The van der Waals surface area contributed by atoms with Gasteiger partial charge in [0.2, 0.25) is 0 Å². The molecule has 1 saturated carbocycles. The highest BCUT2D eigenvalue weighted by Crippen LogP contribution is 2.31. The van der Waals surface area contributed by atoms with Gasteiger partial charge in [0.05, 0.1) is 17.6 Å². The van der Waals surface area contributed by atoms with Crippen LogP contribution in [-0.4, -0.2) is 36.1 Å². The highest BCUT2D eigenvalue weighted by Gasteiger charge is 2.36. The predicted octanol–water partition coefficient (Wildman–Crippen LogP) is 1.10. The summed E-state index contributed by atoms with van der Waals surface area (Å²) in [7, 11) is 0. The first-order chi connectivity index (χ1) is 9.29. The van der Waals surface area contributed by atoms with Crippen LogP contribution in [0.15, 0.2) is 11.4 Å². The van der Waals surface area contributed by atoms with Crippen LogP contribution in [0.2, 0.25) is 0 Å². The molecule has 2 atom stereocenters. The van der Waals surface area contributed by atoms with Gasteiger partial charge in [0.25, 0.3) is 5.91 Å². The summed E-state index contributed by atoms with van der Waals surface area (Å²) in [6.45, 7) is 2.56. The third-order valence-electron chi connectivity index (χ3n) is 4.05. The smallest absolute Gasteiger partial charge is 0.275 e. The Morgan fingerprint density at radius 3 is 3.32 bits per heavy atom. The minimum absolute atomic E-state index is 0.193. The second kappa shape index (κ2) is 5.58. The third kappa shape index (κ3) is 2.53. The van der Waals surface area contributed by atoms with Gasteiger partial charge in [-0.05, 0) is 36.3 Å². The molecule has 2 fully saturated rings. The summed E-state index contributed by atoms with van der Waals surface area (Å²) in [6, 6.07) is 2.54. The molecule has 2 heterocycles. The quantitative estimate of drug-likeness (QED) is 0.495. The van der Waals surface area contributed by atoms with Crippen molar-refractivity contribution < 1.29 is 9.53 Å². The largest absolute Gasteiger partial charge is 0.375 e. The van der Waals surface area contributed by atoms with Gasteiger partial charge in [0.1, 0.15) is 0 Å². The maximum Gasteiger partial charge on any atom is 0.275 e. The molecule has 0 spiro atoms. The summed E-state index contributed by atoms with van der Waals surface area (Å²) >= 11 is 1.45. The fourth-order valence-corrected chi connectivity index (χ4v) is 3.96. The van der Waals surface area contributed by atoms with E-state index in [2.05, 4.69) is 10.3 Å². The molecule has 1 amide bonds. The monoisotopic (exact) mass is 281 g/mol. The van der Waals surface area contributed by atoms with E-state index in [-0.39, 0.29) is 5.91 Å². The van der Waals surface area contributed by atoms with Crippen LogP contribution < -0.4 is 11.3 Å². The predicted molar refractivity (Wildman–Crippen MR) is 73.8 cm³/mol. The molecule has 2 unspecified atom stereocenters. The SMILES string of the molecule is NNC(=O)c1sccc1CN1CCOC2CCCC21. The highest BCUT2D eigenvalue weighted by atomic mass is 32.1. The van der Waals surface area contributed by atoms with Gasteiger partial charge in [-0.3, -0.25) is 15.1 Å². The number of amides is 1. The first-order valence-corrected chi connectivity index (χ1v) is 7.60. The van der Waals surface area contributed by atoms with E-state index in [1.54, 1.807) is 0 Å². The summed E-state index contributed by atoms with van der Waals surface area (Å²) in [6.07, 6.45) is 4.00. The number of nitrogens with two attached hydrogens (primary N) is 1. The van der Waals surface area contributed by atoms with Gasteiger partial charge in [-0.25, -0.2) is 5.84 Å². The van der Waals surface area contributed by atoms with Crippen LogP contribution in [0.1, 0.15) is 34.5 Å². The Bertz CT molecular complexity index is 462. The molecular formula is C13H19N3O2S. The fourth-order valence-electron chi connectivity index (χ4n) is 3.15. The minimum atomic E-state index is -0.193. The minimum Gasteiger partial charge on any atom is -0.375 e. The molecule has 1 aliphatic carbocycles. The Kier molecular flexibility index (Phi) is 3.83. The van der Waals surface area contributed by atoms with Crippen molar-refractivity contribution in [2.24, 2.45) is 5.84 Å². The second-order valence-electron chi connectivity index (χ2n) is 5.13. The van der Waals surface area contributed by atoms with Gasteiger partial charge < -0.3 is 4.74 Å². The van der Waals surface area contributed by atoms with Crippen molar-refractivity contribution >= 4 is 17.2 Å². The number of nitrogens with zero attached hydrogens (tertiary/aromatic N) is 1. The zero-order valence-corrected chi connectivity index (χ0v) is 11.6. The molecular weight excluding hydrogens is 262 g/mol. The summed E-state index contributed by atoms with van der Waals surface area (Å²) in [5, 5.41) is 1.95. The second-order valence-corrected chi connectivity index (χ2v) is 6.04. The average molecular weight is 281 g/mol. The molecule has 104 valence electrons. The lowest BCUT2D eigenvalue weighted by Gasteiger charge is -2.37. The van der Waals surface area contributed by atoms with E-state index in [0.717, 1.165) is 30.1 Å². The Morgan fingerprint density at radius 1 is 1.58 bits per heavy atom. The molecule has 2 aliphatic rings. The van der Waals surface area contributed by atoms with Crippen molar-refractivity contribution in [3.05, 3.63) is 21.9 Å². The summed E-state index contributed by atoms with van der Waals surface area (Å²) in [5.74, 6) is 5.03. The molecule has 1 aliphatic heterocycles. The van der Waals surface area contributed by atoms with Crippen molar-refractivity contribution in [3.8, 4) is 0 Å². The van der Waals surface area contributed by atoms with Crippen LogP contribution in [0.3, 0.4) is 0 Å². The summed E-state index contributed by atoms with van der Waals surface area (Å²) in [4.78, 5) is 14.9. The number of fused-ring (bicyclic) bond motifs is 1. The molecule has 3 rings (SSSR count). The van der Waals surface area contributed by atoms with Gasteiger partial charge >= 0.3 is 0 Å². The average Bonchev–Trinajstić information content (AvgIpc) is 3.06. The fraction of sp³-hybridized carbons (Fsp3) is 0.615. The van der Waals surface area contributed by atoms with Gasteiger partial charge in [0, 0.05) is 19.1 Å². The Morgan fingerprint density at radius 2 is 2.47 bits per heavy atom. The van der Waals surface area contributed by atoms with Crippen molar-refractivity contribution in [3.63, 3.8) is 0 Å². The zero-order chi connectivity index (χ0) is 13.2. The van der Waals surface area contributed by atoms with Crippen LogP contribution in [0.25, 0.3) is 0 Å². The molecule has 5 nitrogen and oxygen atoms in total. The number of hydrazine groups is 1. The number of morpholine rings is 1. The van der Waals surface area contributed by atoms with Gasteiger partial charge in [-0.15, -0.1) is 11.3 Å². The van der Waals surface area contributed by atoms with Crippen molar-refractivity contribution in [1.29, 1.82) is 0 Å². The molecule has 3 N–H and O–H groups in total. The molecule has 19 heavy (non-hydrogen) atoms. The number of nitrogen functional groups attached to an aromatic ring is 1. The highest BCUT2D eigenvalue weighted by molar-refractivity contribution is 7.12. The number of hydrogen-bond donors (Lipinski definition) is 2. The number of ether oxygens (including phenoxy) is 1. The number of carbonyl (C=O) groups is 1. The Hall–Kier alpha value is -0.950. The topological polar surface area (TPSA) is 67.6 Å². The molecule has 6 heteroatoms. The van der Waals surface area contributed by atoms with E-state index >= 15 is 0 Å². The van der Waals surface area contributed by atoms with Crippen LogP contribution in [-0.2, 0) is 11.3 Å². The lowest BCUT2D eigenvalue weighted by Crippen LogP contribution is -2.48. The van der Waals surface area contributed by atoms with E-state index in [0.29, 0.717) is 12.1 Å². The van der Waals surface area contributed by atoms with Crippen molar-refractivity contribution in [2.75, 3.05) is 13.2 Å². The number of thiophene rings is 1. The van der Waals surface area contributed by atoms with E-state index in [1.165, 1.54) is 30.6 Å². The maximum atomic E-state index is 11.7. The Labute approximate surface area is 116 Å². The number of carbonyl (C=O) groups excluding carboxylic acids is 1. The molecule has 0 bridgehead atoms. The van der Waals surface area contributed by atoms with Crippen molar-refractivity contribution in [2.45, 2.75) is 38.0 Å². The van der Waals surface area contributed by atoms with Crippen LogP contribution in [0, 0.1) is 0 Å². The summed E-state index contributed by atoms with van der Waals surface area (Å²) in [5.41, 5.74) is 3.29. The first kappa shape index (κ1) is 13.1. The molecule has 1 aromatic heterocycles. The van der Waals surface area contributed by atoms with Crippen LogP contribution >= 0.6 is 11.3 Å². The van der Waals surface area contributed by atoms with Crippen molar-refractivity contribution in [1.82, 2.24) is 10.3 Å². The van der Waals surface area contributed by atoms with E-state index in [4.69, 9.17) is 10.6 Å². The van der Waals surface area contributed by atoms with Crippen LogP contribution in [0.5, 0.6) is 0 Å². The van der Waals surface area contributed by atoms with E-state index in [1.807, 2.05) is 11.4 Å². The van der Waals surface area contributed by atoms with Gasteiger partial charge in [-0.2, -0.15) is 0 Å². The molecule has 0 radical (unpaired) electrons. The number of rotatable bonds is 3. The lowest BCUT2D eigenvalue weighted by molar-refractivity contribution is -0.0588. The first-order valence-electron chi connectivity index (χ1n) is 6.72. The van der Waals surface area contributed by atoms with Crippen LogP contribution in [0.4, 0.5) is 0 Å². The lowest BCUT2D eigenvalue weighted by atomic mass is 10.1. The zero-order valence-electron chi connectivity index (χ0n) is 10.8. The number of hydrogen-bond acceptors (Lipinski definition) is 5. The summed E-state index contributed by atoms with van der Waals surface area (Å²) < 4.78 is 5.81. The van der Waals surface area contributed by atoms with E-state index < -0.39 is 0 Å². The molecule has 0 aromatic carbocycles. The molecule has 1 saturated heterocycles. The Balaban J connectivity index is 1.74. The maximum absolute atomic E-state index is 11.7. The van der Waals surface area contributed by atoms with Gasteiger partial charge in [0.15, 0.2) is 0 Å². The molecule has 1 aromatic rings. The van der Waals surface area contributed by atoms with Gasteiger partial charge in [-0.1, -0.05) is 0 Å². The van der Waals surface area contributed by atoms with E-state index in [9.17, 15) is 4.79 Å². The number of nitrogens with one attached hydrogen (secondary N) is 1. The third-order valence-corrected chi connectivity index (χ3v) is 5.01.